The van der Waals surface area contributed by atoms with Gasteiger partial charge in [0.15, 0.2) is 0 Å². The number of amides is 2. The first-order chi connectivity index (χ1) is 12.0. The van der Waals surface area contributed by atoms with Crippen molar-refractivity contribution in [2.24, 2.45) is 11.8 Å². The molecule has 0 aliphatic heterocycles. The summed E-state index contributed by atoms with van der Waals surface area (Å²) in [5.74, 6) is 2.02. The minimum absolute atomic E-state index is 0.0335. The van der Waals surface area contributed by atoms with Crippen molar-refractivity contribution in [1.29, 1.82) is 0 Å². The van der Waals surface area contributed by atoms with Crippen molar-refractivity contribution in [2.75, 3.05) is 20.6 Å². The van der Waals surface area contributed by atoms with Crippen molar-refractivity contribution in [3.8, 4) is 0 Å². The van der Waals surface area contributed by atoms with Gasteiger partial charge < -0.3 is 10.2 Å². The number of carbonyl (C=O) groups is 2. The highest BCUT2D eigenvalue weighted by Gasteiger charge is 2.31. The molecule has 1 aromatic heterocycles. The Morgan fingerprint density at radius 2 is 1.84 bits per heavy atom. The summed E-state index contributed by atoms with van der Waals surface area (Å²) in [4.78, 5) is 34.6. The first kappa shape index (κ1) is 17.8. The number of rotatable bonds is 5. The van der Waals surface area contributed by atoms with Crippen LogP contribution in [0.2, 0.25) is 0 Å². The van der Waals surface area contributed by atoms with Crippen LogP contribution in [0.3, 0.4) is 0 Å². The number of hydrogen-bond acceptors (Lipinski definition) is 4. The van der Waals surface area contributed by atoms with Gasteiger partial charge in [-0.15, -0.1) is 0 Å². The lowest BCUT2D eigenvalue weighted by Crippen LogP contribution is -2.32. The van der Waals surface area contributed by atoms with Crippen LogP contribution in [0.15, 0.2) is 6.20 Å². The third-order valence-electron chi connectivity index (χ3n) is 5.32. The lowest BCUT2D eigenvalue weighted by molar-refractivity contribution is -0.122. The smallest absolute Gasteiger partial charge is 0.256 e. The Labute approximate surface area is 149 Å². The van der Waals surface area contributed by atoms with Crippen molar-refractivity contribution in [2.45, 2.75) is 51.4 Å². The summed E-state index contributed by atoms with van der Waals surface area (Å²) >= 11 is 0. The van der Waals surface area contributed by atoms with Crippen molar-refractivity contribution in [3.05, 3.63) is 23.3 Å². The molecule has 0 unspecified atom stereocenters. The van der Waals surface area contributed by atoms with Crippen LogP contribution in [0, 0.1) is 18.8 Å². The second-order valence-electron chi connectivity index (χ2n) is 7.65. The topological polar surface area (TPSA) is 75.2 Å². The predicted molar refractivity (Wildman–Crippen MR) is 95.2 cm³/mol. The lowest BCUT2D eigenvalue weighted by Gasteiger charge is -2.29. The summed E-state index contributed by atoms with van der Waals surface area (Å²) in [5, 5.41) is 3.10. The van der Waals surface area contributed by atoms with E-state index in [1.54, 1.807) is 25.2 Å². The number of aromatic nitrogens is 2. The molecule has 25 heavy (non-hydrogen) atoms. The van der Waals surface area contributed by atoms with Gasteiger partial charge in [0, 0.05) is 38.7 Å². The van der Waals surface area contributed by atoms with E-state index in [1.165, 1.54) is 0 Å². The van der Waals surface area contributed by atoms with E-state index >= 15 is 0 Å². The molecule has 2 aliphatic carbocycles. The van der Waals surface area contributed by atoms with Crippen molar-refractivity contribution >= 4 is 11.8 Å². The van der Waals surface area contributed by atoms with Crippen LogP contribution in [-0.4, -0.2) is 47.3 Å². The molecule has 6 nitrogen and oxygen atoms in total. The normalized spacial score (nSPS) is 23.2. The second-order valence-corrected chi connectivity index (χ2v) is 7.65. The van der Waals surface area contributed by atoms with Gasteiger partial charge in [-0.25, -0.2) is 9.97 Å². The zero-order chi connectivity index (χ0) is 18.0. The molecule has 2 saturated carbocycles. The summed E-state index contributed by atoms with van der Waals surface area (Å²) in [5.41, 5.74) is 1.52. The Hall–Kier alpha value is -1.98. The predicted octanol–water partition coefficient (Wildman–Crippen LogP) is 2.29. The molecule has 0 spiro atoms. The van der Waals surface area contributed by atoms with Crippen molar-refractivity contribution in [1.82, 2.24) is 20.2 Å². The lowest BCUT2D eigenvalue weighted by atomic mass is 9.79. The van der Waals surface area contributed by atoms with Gasteiger partial charge in [-0.1, -0.05) is 0 Å². The van der Waals surface area contributed by atoms with Crippen LogP contribution < -0.4 is 5.32 Å². The van der Waals surface area contributed by atoms with E-state index in [9.17, 15) is 9.59 Å². The number of carbonyl (C=O) groups excluding carboxylic acids is 2. The summed E-state index contributed by atoms with van der Waals surface area (Å²) in [6, 6.07) is 0. The van der Waals surface area contributed by atoms with E-state index in [0.29, 0.717) is 23.2 Å². The zero-order valence-electron chi connectivity index (χ0n) is 15.4. The summed E-state index contributed by atoms with van der Waals surface area (Å²) in [6.07, 6.45) is 7.91. The molecule has 1 aromatic rings. The average Bonchev–Trinajstić information content (AvgIpc) is 3.44. The van der Waals surface area contributed by atoms with E-state index in [-0.39, 0.29) is 17.7 Å². The Balaban J connectivity index is 1.61. The molecular weight excluding hydrogens is 316 g/mol. The van der Waals surface area contributed by atoms with E-state index in [2.05, 4.69) is 15.3 Å². The fraction of sp³-hybridized carbons (Fsp3) is 0.684. The minimum atomic E-state index is -0.0335. The average molecular weight is 344 g/mol. The molecule has 1 N–H and O–H groups in total. The molecule has 2 aliphatic rings. The van der Waals surface area contributed by atoms with Gasteiger partial charge in [-0.2, -0.15) is 0 Å². The maximum atomic E-state index is 12.4. The monoisotopic (exact) mass is 344 g/mol. The Morgan fingerprint density at radius 3 is 2.44 bits per heavy atom. The molecule has 0 aromatic carbocycles. The van der Waals surface area contributed by atoms with Crippen molar-refractivity contribution in [3.63, 3.8) is 0 Å². The van der Waals surface area contributed by atoms with E-state index in [4.69, 9.17) is 0 Å². The zero-order valence-corrected chi connectivity index (χ0v) is 15.4. The maximum Gasteiger partial charge on any atom is 0.256 e. The first-order valence-electron chi connectivity index (χ1n) is 9.28. The van der Waals surface area contributed by atoms with E-state index < -0.39 is 0 Å². The van der Waals surface area contributed by atoms with E-state index in [1.807, 2.05) is 6.92 Å². The Bertz CT molecular complexity index is 647. The molecule has 136 valence electrons. The number of hydrogen-bond donors (Lipinski definition) is 1. The summed E-state index contributed by atoms with van der Waals surface area (Å²) < 4.78 is 0. The van der Waals surface area contributed by atoms with Crippen LogP contribution in [0.1, 0.15) is 66.3 Å². The largest absolute Gasteiger partial charge is 0.356 e. The molecule has 3 rings (SSSR count). The summed E-state index contributed by atoms with van der Waals surface area (Å²) in [6.45, 7) is 2.65. The van der Waals surface area contributed by atoms with Gasteiger partial charge in [-0.05, 0) is 51.4 Å². The van der Waals surface area contributed by atoms with Crippen LogP contribution in [-0.2, 0) is 4.79 Å². The third kappa shape index (κ3) is 4.35. The molecule has 0 saturated heterocycles. The molecule has 6 heteroatoms. The Kier molecular flexibility index (Phi) is 5.35. The van der Waals surface area contributed by atoms with Crippen LogP contribution >= 0.6 is 0 Å². The van der Waals surface area contributed by atoms with Gasteiger partial charge in [0.25, 0.3) is 5.91 Å². The van der Waals surface area contributed by atoms with E-state index in [0.717, 1.165) is 50.8 Å². The standard InChI is InChI=1S/C19H28N4O2/c1-12-20-11-16(19(25)23(2)3)17(22-12)14-6-4-13(5-7-14)10-21-18(24)15-8-9-15/h11,13-15H,4-10H2,1-3H3,(H,21,24). The number of nitrogens with zero attached hydrogens (tertiary/aromatic N) is 3. The highest BCUT2D eigenvalue weighted by molar-refractivity contribution is 5.94. The quantitative estimate of drug-likeness (QED) is 0.889. The van der Waals surface area contributed by atoms with Gasteiger partial charge >= 0.3 is 0 Å². The SMILES string of the molecule is Cc1ncc(C(=O)N(C)C)c(C2CCC(CNC(=O)C3CC3)CC2)n1. The minimum Gasteiger partial charge on any atom is -0.356 e. The molecule has 0 atom stereocenters. The fourth-order valence-electron chi connectivity index (χ4n) is 3.58. The highest BCUT2D eigenvalue weighted by atomic mass is 16.2. The molecule has 2 amide bonds. The second kappa shape index (κ2) is 7.50. The maximum absolute atomic E-state index is 12.4. The molecule has 0 radical (unpaired) electrons. The highest BCUT2D eigenvalue weighted by Crippen LogP contribution is 2.36. The molecule has 2 fully saturated rings. The Morgan fingerprint density at radius 1 is 1.16 bits per heavy atom. The number of aryl methyl sites for hydroxylation is 1. The van der Waals surface area contributed by atoms with Crippen LogP contribution in [0.4, 0.5) is 0 Å². The van der Waals surface area contributed by atoms with Gasteiger partial charge in [0.1, 0.15) is 5.82 Å². The number of nitrogens with one attached hydrogen (secondary N) is 1. The van der Waals surface area contributed by atoms with Gasteiger partial charge in [-0.3, -0.25) is 9.59 Å². The van der Waals surface area contributed by atoms with Crippen molar-refractivity contribution < 1.29 is 9.59 Å². The first-order valence-corrected chi connectivity index (χ1v) is 9.28. The van der Waals surface area contributed by atoms with Gasteiger partial charge in [0.05, 0.1) is 11.3 Å². The molecule has 0 bridgehead atoms. The molecular formula is C19H28N4O2. The van der Waals surface area contributed by atoms with Gasteiger partial charge in [0.2, 0.25) is 5.91 Å². The molecule has 1 heterocycles. The summed E-state index contributed by atoms with van der Waals surface area (Å²) in [7, 11) is 3.51. The van der Waals surface area contributed by atoms with Crippen LogP contribution in [0.25, 0.3) is 0 Å². The fourth-order valence-corrected chi connectivity index (χ4v) is 3.58. The van der Waals surface area contributed by atoms with Crippen LogP contribution in [0.5, 0.6) is 0 Å². The third-order valence-corrected chi connectivity index (χ3v) is 5.32.